The van der Waals surface area contributed by atoms with E-state index < -0.39 is 0 Å². The maximum absolute atomic E-state index is 11.5. The van der Waals surface area contributed by atoms with Gasteiger partial charge in [-0.3, -0.25) is 0 Å². The Labute approximate surface area is 119 Å². The van der Waals surface area contributed by atoms with Gasteiger partial charge in [0.2, 0.25) is 0 Å². The first-order chi connectivity index (χ1) is 9.74. The minimum atomic E-state index is -0.330. The van der Waals surface area contributed by atoms with Crippen molar-refractivity contribution < 1.29 is 9.53 Å². The number of nitrogens with one attached hydrogen (secondary N) is 1. The van der Waals surface area contributed by atoms with Gasteiger partial charge in [-0.05, 0) is 44.4 Å². The van der Waals surface area contributed by atoms with Crippen molar-refractivity contribution in [2.75, 3.05) is 18.5 Å². The van der Waals surface area contributed by atoms with E-state index in [0.29, 0.717) is 30.7 Å². The van der Waals surface area contributed by atoms with E-state index in [1.54, 1.807) is 19.2 Å². The van der Waals surface area contributed by atoms with Gasteiger partial charge in [0.1, 0.15) is 5.82 Å². The Morgan fingerprint density at radius 1 is 1.45 bits per heavy atom. The minimum Gasteiger partial charge on any atom is -0.462 e. The standard InChI is InChI=1S/C15H23N3O2/c1-2-20-15(19)12-7-8-14(17-10-12)18-13-6-4-3-5-11(13)9-16/h7-8,10-11,13H,2-6,9,16H2,1H3,(H,17,18). The normalized spacial score (nSPS) is 22.3. The first-order valence-corrected chi connectivity index (χ1v) is 7.34. The summed E-state index contributed by atoms with van der Waals surface area (Å²) in [5.41, 5.74) is 6.31. The highest BCUT2D eigenvalue weighted by atomic mass is 16.5. The molecule has 20 heavy (non-hydrogen) atoms. The molecule has 1 fully saturated rings. The number of nitrogens with two attached hydrogens (primary N) is 1. The molecule has 3 N–H and O–H groups in total. The van der Waals surface area contributed by atoms with E-state index in [1.807, 2.05) is 6.07 Å². The second kappa shape index (κ2) is 7.24. The van der Waals surface area contributed by atoms with Crippen LogP contribution in [-0.2, 0) is 4.74 Å². The molecule has 0 aliphatic heterocycles. The number of pyridine rings is 1. The van der Waals surface area contributed by atoms with E-state index in [2.05, 4.69) is 10.3 Å². The molecule has 5 heteroatoms. The van der Waals surface area contributed by atoms with Crippen LogP contribution in [0.15, 0.2) is 18.3 Å². The summed E-state index contributed by atoms with van der Waals surface area (Å²) in [6, 6.07) is 3.96. The molecule has 0 saturated heterocycles. The maximum atomic E-state index is 11.5. The first kappa shape index (κ1) is 14.8. The smallest absolute Gasteiger partial charge is 0.339 e. The van der Waals surface area contributed by atoms with Crippen LogP contribution in [0.3, 0.4) is 0 Å². The van der Waals surface area contributed by atoms with Crippen molar-refractivity contribution in [1.82, 2.24) is 4.98 Å². The molecule has 0 radical (unpaired) electrons. The van der Waals surface area contributed by atoms with E-state index >= 15 is 0 Å². The molecule has 2 unspecified atom stereocenters. The molecule has 5 nitrogen and oxygen atoms in total. The molecule has 1 saturated carbocycles. The van der Waals surface area contributed by atoms with Crippen LogP contribution in [0.2, 0.25) is 0 Å². The van der Waals surface area contributed by atoms with Gasteiger partial charge in [0.05, 0.1) is 12.2 Å². The van der Waals surface area contributed by atoms with Crippen molar-refractivity contribution in [2.24, 2.45) is 11.7 Å². The number of hydrogen-bond acceptors (Lipinski definition) is 5. The summed E-state index contributed by atoms with van der Waals surface area (Å²) >= 11 is 0. The molecule has 0 spiro atoms. The van der Waals surface area contributed by atoms with Crippen LogP contribution in [0.4, 0.5) is 5.82 Å². The van der Waals surface area contributed by atoms with E-state index in [0.717, 1.165) is 12.2 Å². The van der Waals surface area contributed by atoms with E-state index in [-0.39, 0.29) is 5.97 Å². The summed E-state index contributed by atoms with van der Waals surface area (Å²) in [6.45, 7) is 2.87. The lowest BCUT2D eigenvalue weighted by Gasteiger charge is -2.31. The SMILES string of the molecule is CCOC(=O)c1ccc(NC2CCCCC2CN)nc1. The molecular formula is C15H23N3O2. The van der Waals surface area contributed by atoms with Gasteiger partial charge in [0.25, 0.3) is 0 Å². The average molecular weight is 277 g/mol. The monoisotopic (exact) mass is 277 g/mol. The Morgan fingerprint density at radius 3 is 2.90 bits per heavy atom. The van der Waals surface area contributed by atoms with Crippen molar-refractivity contribution in [3.05, 3.63) is 23.9 Å². The number of esters is 1. The summed E-state index contributed by atoms with van der Waals surface area (Å²) < 4.78 is 4.94. The molecule has 2 rings (SSSR count). The molecule has 1 heterocycles. The molecule has 2 atom stereocenters. The van der Waals surface area contributed by atoms with Gasteiger partial charge in [0.15, 0.2) is 0 Å². The van der Waals surface area contributed by atoms with E-state index in [1.165, 1.54) is 19.3 Å². The predicted molar refractivity (Wildman–Crippen MR) is 78.6 cm³/mol. The first-order valence-electron chi connectivity index (χ1n) is 7.34. The van der Waals surface area contributed by atoms with Crippen LogP contribution in [-0.4, -0.2) is 30.1 Å². The summed E-state index contributed by atoms with van der Waals surface area (Å²) in [7, 11) is 0. The summed E-state index contributed by atoms with van der Waals surface area (Å²) in [4.78, 5) is 15.8. The van der Waals surface area contributed by atoms with Gasteiger partial charge in [-0.1, -0.05) is 12.8 Å². The van der Waals surface area contributed by atoms with Crippen molar-refractivity contribution >= 4 is 11.8 Å². The largest absolute Gasteiger partial charge is 0.462 e. The van der Waals surface area contributed by atoms with Crippen LogP contribution >= 0.6 is 0 Å². The number of aromatic nitrogens is 1. The van der Waals surface area contributed by atoms with Crippen LogP contribution in [0, 0.1) is 5.92 Å². The van der Waals surface area contributed by atoms with Crippen LogP contribution in [0.1, 0.15) is 43.0 Å². The number of hydrogen-bond donors (Lipinski definition) is 2. The lowest BCUT2D eigenvalue weighted by atomic mass is 9.84. The summed E-state index contributed by atoms with van der Waals surface area (Å²) in [6.07, 6.45) is 6.35. The Hall–Kier alpha value is -1.62. The van der Waals surface area contributed by atoms with Gasteiger partial charge in [-0.15, -0.1) is 0 Å². The number of carbonyl (C=O) groups is 1. The Balaban J connectivity index is 1.97. The minimum absolute atomic E-state index is 0.330. The average Bonchev–Trinajstić information content (AvgIpc) is 2.49. The Morgan fingerprint density at radius 2 is 2.25 bits per heavy atom. The second-order valence-corrected chi connectivity index (χ2v) is 5.18. The molecule has 0 bridgehead atoms. The summed E-state index contributed by atoms with van der Waals surface area (Å²) in [5.74, 6) is 0.975. The zero-order valence-electron chi connectivity index (χ0n) is 12.0. The third kappa shape index (κ3) is 3.70. The van der Waals surface area contributed by atoms with Gasteiger partial charge >= 0.3 is 5.97 Å². The van der Waals surface area contributed by atoms with Crippen molar-refractivity contribution in [3.8, 4) is 0 Å². The van der Waals surface area contributed by atoms with Crippen molar-refractivity contribution in [3.63, 3.8) is 0 Å². The number of carbonyl (C=O) groups excluding carboxylic acids is 1. The molecule has 110 valence electrons. The highest BCUT2D eigenvalue weighted by molar-refractivity contribution is 5.89. The number of anilines is 1. The number of rotatable bonds is 5. The van der Waals surface area contributed by atoms with Gasteiger partial charge in [0, 0.05) is 12.2 Å². The van der Waals surface area contributed by atoms with E-state index in [9.17, 15) is 4.79 Å². The number of nitrogens with zero attached hydrogens (tertiary/aromatic N) is 1. The highest BCUT2D eigenvalue weighted by Gasteiger charge is 2.24. The lowest BCUT2D eigenvalue weighted by Crippen LogP contribution is -2.36. The molecule has 1 aromatic rings. The maximum Gasteiger partial charge on any atom is 0.339 e. The van der Waals surface area contributed by atoms with Crippen LogP contribution in [0.25, 0.3) is 0 Å². The molecular weight excluding hydrogens is 254 g/mol. The lowest BCUT2D eigenvalue weighted by molar-refractivity contribution is 0.0526. The Bertz CT molecular complexity index is 433. The zero-order chi connectivity index (χ0) is 14.4. The fraction of sp³-hybridized carbons (Fsp3) is 0.600. The molecule has 1 aromatic heterocycles. The molecule has 0 aromatic carbocycles. The fourth-order valence-electron chi connectivity index (χ4n) is 2.68. The van der Waals surface area contributed by atoms with Crippen LogP contribution in [0.5, 0.6) is 0 Å². The zero-order valence-corrected chi connectivity index (χ0v) is 12.0. The van der Waals surface area contributed by atoms with Crippen molar-refractivity contribution in [1.29, 1.82) is 0 Å². The van der Waals surface area contributed by atoms with Crippen LogP contribution < -0.4 is 11.1 Å². The third-order valence-corrected chi connectivity index (χ3v) is 3.82. The number of ether oxygens (including phenoxy) is 1. The topological polar surface area (TPSA) is 77.2 Å². The highest BCUT2D eigenvalue weighted by Crippen LogP contribution is 2.26. The predicted octanol–water partition coefficient (Wildman–Crippen LogP) is 2.19. The van der Waals surface area contributed by atoms with Gasteiger partial charge in [-0.2, -0.15) is 0 Å². The Kier molecular flexibility index (Phi) is 5.35. The van der Waals surface area contributed by atoms with Gasteiger partial charge in [-0.25, -0.2) is 9.78 Å². The second-order valence-electron chi connectivity index (χ2n) is 5.18. The third-order valence-electron chi connectivity index (χ3n) is 3.82. The summed E-state index contributed by atoms with van der Waals surface area (Å²) in [5, 5.41) is 3.44. The fourth-order valence-corrected chi connectivity index (χ4v) is 2.68. The van der Waals surface area contributed by atoms with Gasteiger partial charge < -0.3 is 15.8 Å². The van der Waals surface area contributed by atoms with E-state index in [4.69, 9.17) is 10.5 Å². The quantitative estimate of drug-likeness (QED) is 0.807. The molecule has 0 amide bonds. The van der Waals surface area contributed by atoms with Crippen molar-refractivity contribution in [2.45, 2.75) is 38.6 Å². The molecule has 1 aliphatic carbocycles. The molecule has 1 aliphatic rings.